The first kappa shape index (κ1) is 16.2. The lowest BCUT2D eigenvalue weighted by molar-refractivity contribution is 0.0928. The Morgan fingerprint density at radius 3 is 2.57 bits per heavy atom. The number of halogens is 3. The molecule has 1 aromatic rings. The number of nitrogens with one attached hydrogen (secondary N) is 1. The summed E-state index contributed by atoms with van der Waals surface area (Å²) in [5, 5.41) is 2.47. The molecule has 4 nitrogen and oxygen atoms in total. The van der Waals surface area contributed by atoms with Crippen LogP contribution in [0.2, 0.25) is 0 Å². The Morgan fingerprint density at radius 2 is 2.05 bits per heavy atom. The maximum absolute atomic E-state index is 14.0. The van der Waals surface area contributed by atoms with Crippen LogP contribution < -0.4 is 5.32 Å². The SMILES string of the molecule is CC(CC1CC1)NC(=O)c1c(F)ccc(S(=O)(=O)Cl)c1F. The summed E-state index contributed by atoms with van der Waals surface area (Å²) in [6.07, 6.45) is 2.90. The van der Waals surface area contributed by atoms with Crippen molar-refractivity contribution < 1.29 is 22.0 Å². The molecule has 1 fully saturated rings. The summed E-state index contributed by atoms with van der Waals surface area (Å²) in [5.41, 5.74) is -0.931. The van der Waals surface area contributed by atoms with E-state index in [9.17, 15) is 22.0 Å². The maximum Gasteiger partial charge on any atom is 0.264 e. The van der Waals surface area contributed by atoms with Crippen LogP contribution in [0.5, 0.6) is 0 Å². The van der Waals surface area contributed by atoms with Crippen molar-refractivity contribution >= 4 is 25.6 Å². The predicted molar refractivity (Wildman–Crippen MR) is 73.7 cm³/mol. The fourth-order valence-electron chi connectivity index (χ4n) is 2.14. The van der Waals surface area contributed by atoms with Crippen molar-refractivity contribution in [1.29, 1.82) is 0 Å². The van der Waals surface area contributed by atoms with Gasteiger partial charge in [0.25, 0.3) is 15.0 Å². The zero-order valence-corrected chi connectivity index (χ0v) is 12.8. The summed E-state index contributed by atoms with van der Waals surface area (Å²) in [5.74, 6) is -3.06. The van der Waals surface area contributed by atoms with Gasteiger partial charge in [0, 0.05) is 16.7 Å². The normalized spacial score (nSPS) is 16.6. The lowest BCUT2D eigenvalue weighted by atomic mass is 10.1. The van der Waals surface area contributed by atoms with Crippen LogP contribution in [0.1, 0.15) is 36.5 Å². The standard InChI is InChI=1S/C13H14ClF2NO3S/c1-7(6-8-2-3-8)17-13(18)11-9(15)4-5-10(12(11)16)21(14,19)20/h4-5,7-8H,2-3,6H2,1H3,(H,17,18). The van der Waals surface area contributed by atoms with Crippen molar-refractivity contribution in [3.05, 3.63) is 29.3 Å². The summed E-state index contributed by atoms with van der Waals surface area (Å²) in [7, 11) is 0.661. The van der Waals surface area contributed by atoms with E-state index in [1.54, 1.807) is 6.92 Å². The molecule has 1 atom stereocenters. The second-order valence-electron chi connectivity index (χ2n) is 5.23. The first-order valence-electron chi connectivity index (χ1n) is 6.43. The summed E-state index contributed by atoms with van der Waals surface area (Å²) in [6, 6.07) is 1.15. The number of hydrogen-bond acceptors (Lipinski definition) is 3. The molecule has 0 heterocycles. The highest BCUT2D eigenvalue weighted by atomic mass is 35.7. The Morgan fingerprint density at radius 1 is 1.43 bits per heavy atom. The molecular formula is C13H14ClF2NO3S. The summed E-state index contributed by atoms with van der Waals surface area (Å²) >= 11 is 0. The molecule has 0 aliphatic heterocycles. The molecule has 0 spiro atoms. The van der Waals surface area contributed by atoms with E-state index in [0.717, 1.165) is 19.3 Å². The van der Waals surface area contributed by atoms with Crippen LogP contribution in [-0.4, -0.2) is 20.4 Å². The Kier molecular flexibility index (Phi) is 4.53. The molecule has 1 aromatic carbocycles. The number of rotatable bonds is 5. The van der Waals surface area contributed by atoms with E-state index in [1.165, 1.54) is 0 Å². The van der Waals surface area contributed by atoms with Gasteiger partial charge >= 0.3 is 0 Å². The molecule has 0 aromatic heterocycles. The van der Waals surface area contributed by atoms with Crippen LogP contribution in [0.15, 0.2) is 17.0 Å². The van der Waals surface area contributed by atoms with Crippen molar-refractivity contribution in [2.75, 3.05) is 0 Å². The highest BCUT2D eigenvalue weighted by Gasteiger charge is 2.28. The van der Waals surface area contributed by atoms with Crippen molar-refractivity contribution in [3.8, 4) is 0 Å². The van der Waals surface area contributed by atoms with E-state index in [0.29, 0.717) is 18.1 Å². The molecular weight excluding hydrogens is 324 g/mol. The molecule has 1 unspecified atom stereocenters. The second-order valence-corrected chi connectivity index (χ2v) is 7.76. The quantitative estimate of drug-likeness (QED) is 0.840. The molecule has 1 amide bonds. The molecule has 1 N–H and O–H groups in total. The molecule has 8 heteroatoms. The van der Waals surface area contributed by atoms with E-state index in [2.05, 4.69) is 5.32 Å². The van der Waals surface area contributed by atoms with Crippen LogP contribution in [-0.2, 0) is 9.05 Å². The van der Waals surface area contributed by atoms with Gasteiger partial charge in [-0.25, -0.2) is 17.2 Å². The average molecular weight is 338 g/mol. The topological polar surface area (TPSA) is 63.2 Å². The zero-order valence-electron chi connectivity index (χ0n) is 11.2. The minimum atomic E-state index is -4.39. The summed E-state index contributed by atoms with van der Waals surface area (Å²) in [6.45, 7) is 1.73. The zero-order chi connectivity index (χ0) is 15.8. The van der Waals surface area contributed by atoms with Crippen LogP contribution in [0.3, 0.4) is 0 Å². The van der Waals surface area contributed by atoms with Gasteiger partial charge in [0.05, 0.1) is 0 Å². The van der Waals surface area contributed by atoms with E-state index in [-0.39, 0.29) is 6.04 Å². The number of amides is 1. The van der Waals surface area contributed by atoms with Crippen molar-refractivity contribution in [2.45, 2.75) is 37.1 Å². The van der Waals surface area contributed by atoms with E-state index < -0.39 is 37.1 Å². The molecule has 0 bridgehead atoms. The molecule has 0 saturated heterocycles. The highest BCUT2D eigenvalue weighted by Crippen LogP contribution is 2.33. The number of hydrogen-bond donors (Lipinski definition) is 1. The van der Waals surface area contributed by atoms with Gasteiger partial charge in [0.1, 0.15) is 16.3 Å². The van der Waals surface area contributed by atoms with Crippen LogP contribution in [0.4, 0.5) is 8.78 Å². The third kappa shape index (κ3) is 3.91. The molecule has 116 valence electrons. The minimum absolute atomic E-state index is 0.250. The average Bonchev–Trinajstić information content (AvgIpc) is 3.10. The fraction of sp³-hybridized carbons (Fsp3) is 0.462. The van der Waals surface area contributed by atoms with Crippen LogP contribution in [0, 0.1) is 17.6 Å². The monoisotopic (exact) mass is 337 g/mol. The first-order chi connectivity index (χ1) is 9.70. The third-order valence-electron chi connectivity index (χ3n) is 3.31. The summed E-state index contributed by atoms with van der Waals surface area (Å²) < 4.78 is 50.1. The van der Waals surface area contributed by atoms with E-state index in [4.69, 9.17) is 10.7 Å². The Bertz CT molecular complexity index is 674. The van der Waals surface area contributed by atoms with Gasteiger partial charge in [-0.2, -0.15) is 0 Å². The Hall–Kier alpha value is -1.21. The van der Waals surface area contributed by atoms with Crippen molar-refractivity contribution in [1.82, 2.24) is 5.32 Å². The Labute approximate surface area is 125 Å². The lowest BCUT2D eigenvalue weighted by Crippen LogP contribution is -2.34. The van der Waals surface area contributed by atoms with Gasteiger partial charge in [0.2, 0.25) is 0 Å². The van der Waals surface area contributed by atoms with Crippen molar-refractivity contribution in [2.24, 2.45) is 5.92 Å². The third-order valence-corrected chi connectivity index (χ3v) is 4.65. The largest absolute Gasteiger partial charge is 0.349 e. The molecule has 21 heavy (non-hydrogen) atoms. The van der Waals surface area contributed by atoms with Crippen LogP contribution in [0.25, 0.3) is 0 Å². The predicted octanol–water partition coefficient (Wildman–Crippen LogP) is 2.81. The van der Waals surface area contributed by atoms with E-state index >= 15 is 0 Å². The van der Waals surface area contributed by atoms with Gasteiger partial charge in [0.15, 0.2) is 5.82 Å². The second kappa shape index (κ2) is 5.88. The number of carbonyl (C=O) groups excluding carboxylic acids is 1. The number of carbonyl (C=O) groups is 1. The molecule has 0 radical (unpaired) electrons. The smallest absolute Gasteiger partial charge is 0.264 e. The van der Waals surface area contributed by atoms with Crippen LogP contribution >= 0.6 is 10.7 Å². The fourth-order valence-corrected chi connectivity index (χ4v) is 3.04. The van der Waals surface area contributed by atoms with Gasteiger partial charge in [-0.3, -0.25) is 4.79 Å². The van der Waals surface area contributed by atoms with Gasteiger partial charge < -0.3 is 5.32 Å². The molecule has 1 aliphatic rings. The van der Waals surface area contributed by atoms with Gasteiger partial charge in [-0.15, -0.1) is 0 Å². The highest BCUT2D eigenvalue weighted by molar-refractivity contribution is 8.13. The number of benzene rings is 1. The Balaban J connectivity index is 2.27. The molecule has 2 rings (SSSR count). The lowest BCUT2D eigenvalue weighted by Gasteiger charge is -2.14. The minimum Gasteiger partial charge on any atom is -0.349 e. The summed E-state index contributed by atoms with van der Waals surface area (Å²) in [4.78, 5) is 11.0. The van der Waals surface area contributed by atoms with E-state index in [1.807, 2.05) is 0 Å². The molecule has 1 aliphatic carbocycles. The van der Waals surface area contributed by atoms with Gasteiger partial charge in [-0.05, 0) is 31.4 Å². The van der Waals surface area contributed by atoms with Gasteiger partial charge in [-0.1, -0.05) is 12.8 Å². The van der Waals surface area contributed by atoms with Crippen molar-refractivity contribution in [3.63, 3.8) is 0 Å². The molecule has 1 saturated carbocycles. The first-order valence-corrected chi connectivity index (χ1v) is 8.74. The maximum atomic E-state index is 14.0.